The van der Waals surface area contributed by atoms with Crippen LogP contribution in [0.4, 0.5) is 0 Å². The summed E-state index contributed by atoms with van der Waals surface area (Å²) in [5.41, 5.74) is 1.88. The SMILES string of the molecule is O=C(NC1CCC(n2ccc3cccnc32)CC1)C1CC(=O)N(Cc2ccccn2)C1. The summed E-state index contributed by atoms with van der Waals surface area (Å²) in [4.78, 5) is 35.8. The first-order chi connectivity index (χ1) is 15.2. The molecule has 1 saturated heterocycles. The highest BCUT2D eigenvalue weighted by atomic mass is 16.2. The Morgan fingerprint density at radius 3 is 2.68 bits per heavy atom. The Morgan fingerprint density at radius 2 is 1.87 bits per heavy atom. The summed E-state index contributed by atoms with van der Waals surface area (Å²) in [6.07, 6.45) is 9.90. The molecule has 1 saturated carbocycles. The van der Waals surface area contributed by atoms with Crippen LogP contribution in [0.15, 0.2) is 55.0 Å². The minimum absolute atomic E-state index is 0.00778. The van der Waals surface area contributed by atoms with E-state index < -0.39 is 0 Å². The molecule has 2 amide bonds. The predicted octanol–water partition coefficient (Wildman–Crippen LogP) is 3.08. The van der Waals surface area contributed by atoms with Crippen LogP contribution in [0.5, 0.6) is 0 Å². The van der Waals surface area contributed by atoms with Crippen LogP contribution in [0.3, 0.4) is 0 Å². The van der Waals surface area contributed by atoms with Crippen molar-refractivity contribution in [2.24, 2.45) is 5.92 Å². The van der Waals surface area contributed by atoms with Crippen molar-refractivity contribution >= 4 is 22.8 Å². The van der Waals surface area contributed by atoms with Gasteiger partial charge in [-0.05, 0) is 56.0 Å². The second-order valence-corrected chi connectivity index (χ2v) is 8.65. The fraction of sp³-hybridized carbons (Fsp3) is 0.417. The molecule has 1 N–H and O–H groups in total. The normalized spacial score (nSPS) is 23.9. The summed E-state index contributed by atoms with van der Waals surface area (Å²) >= 11 is 0. The lowest BCUT2D eigenvalue weighted by atomic mass is 9.90. The summed E-state index contributed by atoms with van der Waals surface area (Å²) in [5, 5.41) is 4.38. The average Bonchev–Trinajstić information content (AvgIpc) is 3.39. The van der Waals surface area contributed by atoms with Crippen molar-refractivity contribution in [2.45, 2.75) is 50.7 Å². The van der Waals surface area contributed by atoms with Crippen LogP contribution < -0.4 is 5.32 Å². The number of carbonyl (C=O) groups is 2. The van der Waals surface area contributed by atoms with Crippen molar-refractivity contribution in [1.29, 1.82) is 0 Å². The molecule has 1 aliphatic heterocycles. The van der Waals surface area contributed by atoms with Gasteiger partial charge >= 0.3 is 0 Å². The van der Waals surface area contributed by atoms with Crippen molar-refractivity contribution in [2.75, 3.05) is 6.54 Å². The maximum Gasteiger partial charge on any atom is 0.225 e. The molecule has 31 heavy (non-hydrogen) atoms. The van der Waals surface area contributed by atoms with Crippen LogP contribution in [0, 0.1) is 5.92 Å². The highest BCUT2D eigenvalue weighted by molar-refractivity contribution is 5.89. The number of nitrogens with one attached hydrogen (secondary N) is 1. The van der Waals surface area contributed by atoms with Crippen LogP contribution in [-0.4, -0.2) is 43.8 Å². The van der Waals surface area contributed by atoms with Gasteiger partial charge in [0.1, 0.15) is 5.65 Å². The third-order valence-electron chi connectivity index (χ3n) is 6.58. The van der Waals surface area contributed by atoms with Crippen molar-refractivity contribution in [3.05, 3.63) is 60.7 Å². The van der Waals surface area contributed by atoms with Gasteiger partial charge in [0.15, 0.2) is 0 Å². The predicted molar refractivity (Wildman–Crippen MR) is 117 cm³/mol. The van der Waals surface area contributed by atoms with E-state index >= 15 is 0 Å². The Morgan fingerprint density at radius 1 is 1.03 bits per heavy atom. The van der Waals surface area contributed by atoms with Gasteiger partial charge < -0.3 is 14.8 Å². The number of hydrogen-bond donors (Lipinski definition) is 1. The van der Waals surface area contributed by atoms with Crippen molar-refractivity contribution in [3.8, 4) is 0 Å². The zero-order chi connectivity index (χ0) is 21.2. The van der Waals surface area contributed by atoms with Gasteiger partial charge in [0.2, 0.25) is 11.8 Å². The molecule has 4 heterocycles. The summed E-state index contributed by atoms with van der Waals surface area (Å²) < 4.78 is 2.28. The van der Waals surface area contributed by atoms with Crippen molar-refractivity contribution in [1.82, 2.24) is 24.8 Å². The molecule has 0 aromatic carbocycles. The first-order valence-electron chi connectivity index (χ1n) is 11.1. The molecule has 3 aromatic rings. The Labute approximate surface area is 181 Å². The molecule has 0 radical (unpaired) electrons. The van der Waals surface area contributed by atoms with Gasteiger partial charge in [0, 0.05) is 49.0 Å². The molecule has 7 nitrogen and oxygen atoms in total. The van der Waals surface area contributed by atoms with Crippen LogP contribution >= 0.6 is 0 Å². The lowest BCUT2D eigenvalue weighted by Crippen LogP contribution is -2.41. The molecule has 1 atom stereocenters. The standard InChI is InChI=1S/C24H27N5O2/c30-22-14-18(15-28(22)16-20-5-1-2-11-25-20)24(31)27-19-6-8-21(9-7-19)29-13-10-17-4-3-12-26-23(17)29/h1-5,10-13,18-19,21H,6-9,14-16H2,(H,27,31). The van der Waals surface area contributed by atoms with Crippen LogP contribution in [0.25, 0.3) is 11.0 Å². The highest BCUT2D eigenvalue weighted by Crippen LogP contribution is 2.31. The maximum atomic E-state index is 12.8. The molecule has 160 valence electrons. The minimum atomic E-state index is -0.272. The fourth-order valence-corrected chi connectivity index (χ4v) is 4.89. The van der Waals surface area contributed by atoms with Gasteiger partial charge in [-0.15, -0.1) is 0 Å². The first-order valence-corrected chi connectivity index (χ1v) is 11.1. The third kappa shape index (κ3) is 4.17. The Hall–Kier alpha value is -3.22. The molecule has 2 fully saturated rings. The van der Waals surface area contributed by atoms with E-state index in [0.717, 1.165) is 37.0 Å². The zero-order valence-electron chi connectivity index (χ0n) is 17.5. The molecule has 3 aromatic heterocycles. The molecular formula is C24H27N5O2. The van der Waals surface area contributed by atoms with Crippen LogP contribution in [-0.2, 0) is 16.1 Å². The van der Waals surface area contributed by atoms with E-state index in [-0.39, 0.29) is 30.2 Å². The lowest BCUT2D eigenvalue weighted by Gasteiger charge is -2.31. The largest absolute Gasteiger partial charge is 0.353 e. The number of carbonyl (C=O) groups excluding carboxylic acids is 2. The molecule has 1 aliphatic carbocycles. The zero-order valence-corrected chi connectivity index (χ0v) is 17.5. The first kappa shape index (κ1) is 19.7. The molecular weight excluding hydrogens is 390 g/mol. The molecule has 0 bridgehead atoms. The topological polar surface area (TPSA) is 80.1 Å². The molecule has 5 rings (SSSR count). The quantitative estimate of drug-likeness (QED) is 0.692. The van der Waals surface area contributed by atoms with Gasteiger partial charge in [0.05, 0.1) is 18.2 Å². The van der Waals surface area contributed by atoms with E-state index in [1.807, 2.05) is 30.5 Å². The fourth-order valence-electron chi connectivity index (χ4n) is 4.89. The molecule has 0 spiro atoms. The Bertz CT molecular complexity index is 1070. The molecule has 2 aliphatic rings. The lowest BCUT2D eigenvalue weighted by molar-refractivity contribution is -0.129. The summed E-state index contributed by atoms with van der Waals surface area (Å²) in [5.74, 6) is -0.235. The highest BCUT2D eigenvalue weighted by Gasteiger charge is 2.35. The van der Waals surface area contributed by atoms with Crippen LogP contribution in [0.1, 0.15) is 43.8 Å². The number of nitrogens with zero attached hydrogens (tertiary/aromatic N) is 4. The summed E-state index contributed by atoms with van der Waals surface area (Å²) in [6, 6.07) is 12.4. The van der Waals surface area contributed by atoms with E-state index in [1.165, 1.54) is 5.39 Å². The number of hydrogen-bond acceptors (Lipinski definition) is 4. The van der Waals surface area contributed by atoms with Crippen molar-refractivity contribution in [3.63, 3.8) is 0 Å². The van der Waals surface area contributed by atoms with Gasteiger partial charge in [-0.25, -0.2) is 4.98 Å². The van der Waals surface area contributed by atoms with E-state index in [1.54, 1.807) is 11.1 Å². The number of amides is 2. The van der Waals surface area contributed by atoms with E-state index in [9.17, 15) is 9.59 Å². The van der Waals surface area contributed by atoms with Gasteiger partial charge in [-0.1, -0.05) is 6.07 Å². The van der Waals surface area contributed by atoms with E-state index in [4.69, 9.17) is 0 Å². The Balaban J connectivity index is 1.14. The number of aromatic nitrogens is 3. The molecule has 1 unspecified atom stereocenters. The van der Waals surface area contributed by atoms with Crippen molar-refractivity contribution < 1.29 is 9.59 Å². The average molecular weight is 418 g/mol. The number of pyridine rings is 2. The minimum Gasteiger partial charge on any atom is -0.353 e. The number of rotatable bonds is 5. The van der Waals surface area contributed by atoms with Gasteiger partial charge in [-0.2, -0.15) is 0 Å². The van der Waals surface area contributed by atoms with Gasteiger partial charge in [-0.3, -0.25) is 14.6 Å². The summed E-state index contributed by atoms with van der Waals surface area (Å²) in [7, 11) is 0. The number of likely N-dealkylation sites (tertiary alicyclic amines) is 1. The second kappa shape index (κ2) is 8.49. The molecule has 7 heteroatoms. The monoisotopic (exact) mass is 417 g/mol. The number of fused-ring (bicyclic) bond motifs is 1. The van der Waals surface area contributed by atoms with E-state index in [2.05, 4.69) is 38.2 Å². The summed E-state index contributed by atoms with van der Waals surface area (Å²) in [6.45, 7) is 0.936. The van der Waals surface area contributed by atoms with Crippen LogP contribution in [0.2, 0.25) is 0 Å². The maximum absolute atomic E-state index is 12.8. The second-order valence-electron chi connectivity index (χ2n) is 8.65. The third-order valence-corrected chi connectivity index (χ3v) is 6.58. The smallest absolute Gasteiger partial charge is 0.225 e. The Kier molecular flexibility index (Phi) is 5.40. The van der Waals surface area contributed by atoms with E-state index in [0.29, 0.717) is 19.1 Å². The van der Waals surface area contributed by atoms with Gasteiger partial charge in [0.25, 0.3) is 0 Å².